The van der Waals surface area contributed by atoms with Crippen LogP contribution in [0.15, 0.2) is 34.2 Å². The van der Waals surface area contributed by atoms with Crippen molar-refractivity contribution in [1.29, 1.82) is 0 Å². The first-order chi connectivity index (χ1) is 7.27. The fraction of sp³-hybridized carbons (Fsp3) is 0.100. The molecule has 3 nitrogen and oxygen atoms in total. The standard InChI is InChI=1S/C10H9BrN2OS/c11-7-2-1-3-8(12)10(7)14-6-9-13-4-5-15-9/h1-5H,6,12H2. The third-order valence-corrected chi connectivity index (χ3v) is 3.20. The van der Waals surface area contributed by atoms with Crippen molar-refractivity contribution < 1.29 is 4.74 Å². The van der Waals surface area contributed by atoms with Gasteiger partial charge in [0.2, 0.25) is 0 Å². The van der Waals surface area contributed by atoms with Gasteiger partial charge in [0.1, 0.15) is 11.6 Å². The second-order valence-corrected chi connectivity index (χ2v) is 4.71. The summed E-state index contributed by atoms with van der Waals surface area (Å²) in [4.78, 5) is 4.13. The molecule has 0 unspecified atom stereocenters. The maximum atomic E-state index is 5.79. The number of para-hydroxylation sites is 1. The highest BCUT2D eigenvalue weighted by molar-refractivity contribution is 9.10. The Labute approximate surface area is 100 Å². The molecule has 0 fully saturated rings. The lowest BCUT2D eigenvalue weighted by Gasteiger charge is -2.08. The third kappa shape index (κ3) is 2.49. The second kappa shape index (κ2) is 4.63. The Hall–Kier alpha value is -1.07. The number of hydrogen-bond donors (Lipinski definition) is 1. The molecular weight excluding hydrogens is 276 g/mol. The summed E-state index contributed by atoms with van der Waals surface area (Å²) in [6.07, 6.45) is 1.76. The molecule has 0 spiro atoms. The molecule has 0 aliphatic carbocycles. The molecule has 5 heteroatoms. The molecule has 1 aromatic carbocycles. The van der Waals surface area contributed by atoms with Gasteiger partial charge in [-0.1, -0.05) is 6.07 Å². The first kappa shape index (κ1) is 10.4. The topological polar surface area (TPSA) is 48.1 Å². The average molecular weight is 285 g/mol. The van der Waals surface area contributed by atoms with E-state index in [1.165, 1.54) is 0 Å². The largest absolute Gasteiger partial charge is 0.483 e. The van der Waals surface area contributed by atoms with Crippen LogP contribution in [0, 0.1) is 0 Å². The van der Waals surface area contributed by atoms with Gasteiger partial charge < -0.3 is 10.5 Å². The summed E-state index contributed by atoms with van der Waals surface area (Å²) in [5.74, 6) is 0.674. The lowest BCUT2D eigenvalue weighted by Crippen LogP contribution is -1.98. The van der Waals surface area contributed by atoms with Crippen molar-refractivity contribution in [3.63, 3.8) is 0 Å². The van der Waals surface area contributed by atoms with Crippen LogP contribution in [0.4, 0.5) is 5.69 Å². The van der Waals surface area contributed by atoms with Crippen LogP contribution in [0.2, 0.25) is 0 Å². The van der Waals surface area contributed by atoms with Crippen molar-refractivity contribution in [2.75, 3.05) is 5.73 Å². The van der Waals surface area contributed by atoms with Gasteiger partial charge >= 0.3 is 0 Å². The van der Waals surface area contributed by atoms with E-state index in [1.54, 1.807) is 17.5 Å². The first-order valence-electron chi connectivity index (χ1n) is 4.32. The summed E-state index contributed by atoms with van der Waals surface area (Å²) < 4.78 is 6.45. The van der Waals surface area contributed by atoms with Crippen LogP contribution in [0.25, 0.3) is 0 Å². The molecule has 0 saturated carbocycles. The molecular formula is C10H9BrN2OS. The molecule has 0 aliphatic rings. The van der Waals surface area contributed by atoms with Crippen LogP contribution in [-0.4, -0.2) is 4.98 Å². The van der Waals surface area contributed by atoms with Gasteiger partial charge in [0.05, 0.1) is 10.2 Å². The van der Waals surface area contributed by atoms with Crippen molar-refractivity contribution in [3.8, 4) is 5.75 Å². The number of rotatable bonds is 3. The number of benzene rings is 1. The number of aromatic nitrogens is 1. The summed E-state index contributed by atoms with van der Waals surface area (Å²) in [5.41, 5.74) is 6.41. The molecule has 2 rings (SSSR count). The van der Waals surface area contributed by atoms with Crippen LogP contribution in [0.3, 0.4) is 0 Å². The van der Waals surface area contributed by atoms with E-state index >= 15 is 0 Å². The van der Waals surface area contributed by atoms with E-state index in [9.17, 15) is 0 Å². The minimum absolute atomic E-state index is 0.449. The summed E-state index contributed by atoms with van der Waals surface area (Å²) in [5, 5.41) is 2.85. The number of nitrogens with zero attached hydrogens (tertiary/aromatic N) is 1. The summed E-state index contributed by atoms with van der Waals surface area (Å²) >= 11 is 4.95. The number of thiazole rings is 1. The van der Waals surface area contributed by atoms with Crippen molar-refractivity contribution in [3.05, 3.63) is 39.3 Å². The Bertz CT molecular complexity index is 424. The van der Waals surface area contributed by atoms with Gasteiger partial charge in [-0.05, 0) is 28.1 Å². The van der Waals surface area contributed by atoms with Crippen LogP contribution in [-0.2, 0) is 6.61 Å². The molecule has 78 valence electrons. The Morgan fingerprint density at radius 1 is 1.47 bits per heavy atom. The summed E-state index contributed by atoms with van der Waals surface area (Å²) in [6.45, 7) is 0.449. The van der Waals surface area contributed by atoms with Gasteiger partial charge in [-0.3, -0.25) is 0 Å². The summed E-state index contributed by atoms with van der Waals surface area (Å²) in [7, 11) is 0. The van der Waals surface area contributed by atoms with Crippen LogP contribution >= 0.6 is 27.3 Å². The quantitative estimate of drug-likeness (QED) is 0.882. The van der Waals surface area contributed by atoms with Crippen molar-refractivity contribution >= 4 is 33.0 Å². The van der Waals surface area contributed by atoms with Crippen molar-refractivity contribution in [1.82, 2.24) is 4.98 Å². The summed E-state index contributed by atoms with van der Waals surface area (Å²) in [6, 6.07) is 5.57. The first-order valence-corrected chi connectivity index (χ1v) is 6.00. The molecule has 0 aliphatic heterocycles. The highest BCUT2D eigenvalue weighted by atomic mass is 79.9. The molecule has 0 bridgehead atoms. The fourth-order valence-corrected chi connectivity index (χ4v) is 2.16. The number of anilines is 1. The molecule has 1 heterocycles. The van der Waals surface area contributed by atoms with Crippen molar-refractivity contribution in [2.45, 2.75) is 6.61 Å². The van der Waals surface area contributed by atoms with E-state index in [4.69, 9.17) is 10.5 Å². The van der Waals surface area contributed by atoms with Gasteiger partial charge in [0.25, 0.3) is 0 Å². The van der Waals surface area contributed by atoms with E-state index in [2.05, 4.69) is 20.9 Å². The van der Waals surface area contributed by atoms with Gasteiger partial charge in [-0.2, -0.15) is 0 Å². The predicted molar refractivity (Wildman–Crippen MR) is 65.0 cm³/mol. The molecule has 2 aromatic rings. The lowest BCUT2D eigenvalue weighted by molar-refractivity contribution is 0.305. The maximum Gasteiger partial charge on any atom is 0.156 e. The SMILES string of the molecule is Nc1cccc(Br)c1OCc1nccs1. The Morgan fingerprint density at radius 2 is 2.33 bits per heavy atom. The highest BCUT2D eigenvalue weighted by Gasteiger charge is 2.05. The van der Waals surface area contributed by atoms with E-state index < -0.39 is 0 Å². The number of hydrogen-bond acceptors (Lipinski definition) is 4. The molecule has 2 N–H and O–H groups in total. The van der Waals surface area contributed by atoms with Crippen molar-refractivity contribution in [2.24, 2.45) is 0 Å². The monoisotopic (exact) mass is 284 g/mol. The van der Waals surface area contributed by atoms with Gasteiger partial charge in [0, 0.05) is 11.6 Å². The zero-order chi connectivity index (χ0) is 10.7. The second-order valence-electron chi connectivity index (χ2n) is 2.87. The minimum Gasteiger partial charge on any atom is -0.483 e. The van der Waals surface area contributed by atoms with Crippen LogP contribution in [0.1, 0.15) is 5.01 Å². The molecule has 0 amide bonds. The molecule has 0 atom stereocenters. The number of ether oxygens (including phenoxy) is 1. The molecule has 1 aromatic heterocycles. The molecule has 15 heavy (non-hydrogen) atoms. The molecule has 0 saturated heterocycles. The maximum absolute atomic E-state index is 5.79. The Morgan fingerprint density at radius 3 is 3.00 bits per heavy atom. The van der Waals surface area contributed by atoms with Gasteiger partial charge in [0.15, 0.2) is 5.75 Å². The Kier molecular flexibility index (Phi) is 3.23. The van der Waals surface area contributed by atoms with Crippen LogP contribution in [0.5, 0.6) is 5.75 Å². The Balaban J connectivity index is 2.11. The predicted octanol–water partition coefficient (Wildman–Crippen LogP) is 3.07. The van der Waals surface area contributed by atoms with E-state index in [0.29, 0.717) is 18.0 Å². The third-order valence-electron chi connectivity index (χ3n) is 1.82. The normalized spacial score (nSPS) is 10.2. The highest BCUT2D eigenvalue weighted by Crippen LogP contribution is 2.31. The number of nitrogens with two attached hydrogens (primary N) is 1. The van der Waals surface area contributed by atoms with E-state index in [0.717, 1.165) is 9.48 Å². The average Bonchev–Trinajstić information content (AvgIpc) is 2.70. The minimum atomic E-state index is 0.449. The zero-order valence-corrected chi connectivity index (χ0v) is 10.2. The van der Waals surface area contributed by atoms with E-state index in [-0.39, 0.29) is 0 Å². The number of nitrogen functional groups attached to an aromatic ring is 1. The van der Waals surface area contributed by atoms with E-state index in [1.807, 2.05) is 23.6 Å². The number of halogens is 1. The van der Waals surface area contributed by atoms with Gasteiger partial charge in [-0.25, -0.2) is 4.98 Å². The zero-order valence-electron chi connectivity index (χ0n) is 7.81. The van der Waals surface area contributed by atoms with Crippen LogP contribution < -0.4 is 10.5 Å². The molecule has 0 radical (unpaired) electrons. The smallest absolute Gasteiger partial charge is 0.156 e. The fourth-order valence-electron chi connectivity index (χ4n) is 1.14. The lowest BCUT2D eigenvalue weighted by atomic mass is 10.3. The van der Waals surface area contributed by atoms with Gasteiger partial charge in [-0.15, -0.1) is 11.3 Å².